The molecule has 0 aromatic rings. The molecule has 0 saturated carbocycles. The molecule has 0 fully saturated rings. The summed E-state index contributed by atoms with van der Waals surface area (Å²) >= 11 is 0. The van der Waals surface area contributed by atoms with Gasteiger partial charge in [-0.2, -0.15) is 0 Å². The molecule has 0 saturated heterocycles. The van der Waals surface area contributed by atoms with Gasteiger partial charge in [0.25, 0.3) is 11.8 Å². The third-order valence-corrected chi connectivity index (χ3v) is 3.75. The van der Waals surface area contributed by atoms with E-state index in [0.717, 1.165) is 25.9 Å². The lowest BCUT2D eigenvalue weighted by Gasteiger charge is -2.18. The minimum atomic E-state index is -1.10. The fourth-order valence-corrected chi connectivity index (χ4v) is 2.29. The number of nitrogens with zero attached hydrogens (tertiary/aromatic N) is 2. The molecule has 0 heterocycles. The molecule has 0 bridgehead atoms. The van der Waals surface area contributed by atoms with Crippen LogP contribution in [-0.4, -0.2) is 81.3 Å². The number of rotatable bonds is 14. The van der Waals surface area contributed by atoms with Crippen molar-refractivity contribution >= 4 is 18.0 Å². The van der Waals surface area contributed by atoms with Gasteiger partial charge in [0.05, 0.1) is 0 Å². The molecule has 0 aromatic heterocycles. The lowest BCUT2D eigenvalue weighted by Crippen LogP contribution is -2.37. The summed E-state index contributed by atoms with van der Waals surface area (Å²) in [5.41, 5.74) is 10.5. The molecule has 0 aliphatic rings. The molecule has 2 amide bonds. The summed E-state index contributed by atoms with van der Waals surface area (Å²) in [4.78, 5) is 38.8. The van der Waals surface area contributed by atoms with Crippen LogP contribution in [0.3, 0.4) is 0 Å². The summed E-state index contributed by atoms with van der Waals surface area (Å²) in [5, 5.41) is 0. The summed E-state index contributed by atoms with van der Waals surface area (Å²) in [6.45, 7) is 1.71. The highest BCUT2D eigenvalue weighted by molar-refractivity contribution is 5.83. The van der Waals surface area contributed by atoms with E-state index < -0.39 is 30.2 Å². The largest absolute Gasteiger partial charge is 0.509 e. The number of hydrogen-bond acceptors (Lipinski definition) is 7. The third-order valence-electron chi connectivity index (χ3n) is 3.75. The topological polar surface area (TPSA) is 128 Å². The Kier molecular flexibility index (Phi) is 12.4. The van der Waals surface area contributed by atoms with Crippen LogP contribution >= 0.6 is 0 Å². The van der Waals surface area contributed by atoms with E-state index in [-0.39, 0.29) is 0 Å². The minimum Gasteiger partial charge on any atom is -0.421 e. The van der Waals surface area contributed by atoms with Crippen LogP contribution in [-0.2, 0) is 19.1 Å². The number of primary amides is 2. The Morgan fingerprint density at radius 2 is 1.08 bits per heavy atom. The Bertz CT molecular complexity index is 405. The molecule has 0 rings (SSSR count). The third kappa shape index (κ3) is 12.5. The van der Waals surface area contributed by atoms with Crippen molar-refractivity contribution in [1.29, 1.82) is 0 Å². The van der Waals surface area contributed by atoms with E-state index in [1.807, 2.05) is 38.0 Å². The molecule has 152 valence electrons. The van der Waals surface area contributed by atoms with Gasteiger partial charge in [0, 0.05) is 0 Å². The Labute approximate surface area is 155 Å². The van der Waals surface area contributed by atoms with Crippen molar-refractivity contribution in [2.75, 3.05) is 41.3 Å². The van der Waals surface area contributed by atoms with E-state index >= 15 is 0 Å². The summed E-state index contributed by atoms with van der Waals surface area (Å²) in [6.07, 6.45) is 0.378. The smallest absolute Gasteiger partial charge is 0.421 e. The lowest BCUT2D eigenvalue weighted by atomic mass is 10.1. The molecule has 0 aromatic carbocycles. The molecule has 0 spiro atoms. The number of carbonyl (C=O) groups excluding carboxylic acids is 3. The number of hydrogen-bond donors (Lipinski definition) is 2. The van der Waals surface area contributed by atoms with Crippen molar-refractivity contribution in [3.8, 4) is 0 Å². The monoisotopic (exact) mass is 374 g/mol. The van der Waals surface area contributed by atoms with Crippen molar-refractivity contribution < 1.29 is 23.9 Å². The predicted octanol–water partition coefficient (Wildman–Crippen LogP) is 0.311. The van der Waals surface area contributed by atoms with Gasteiger partial charge in [-0.1, -0.05) is 0 Å². The van der Waals surface area contributed by atoms with E-state index in [1.54, 1.807) is 0 Å². The second-order valence-electron chi connectivity index (χ2n) is 6.87. The highest BCUT2D eigenvalue weighted by Crippen LogP contribution is 2.10. The normalized spacial score (nSPS) is 13.5. The van der Waals surface area contributed by atoms with Crippen molar-refractivity contribution in [1.82, 2.24) is 9.80 Å². The lowest BCUT2D eigenvalue weighted by molar-refractivity contribution is -0.132. The van der Waals surface area contributed by atoms with E-state index in [1.165, 1.54) is 0 Å². The van der Waals surface area contributed by atoms with E-state index in [9.17, 15) is 14.4 Å². The first-order chi connectivity index (χ1) is 12.1. The minimum absolute atomic E-state index is 0.308. The first-order valence-electron chi connectivity index (χ1n) is 8.88. The Morgan fingerprint density at radius 1 is 0.731 bits per heavy atom. The van der Waals surface area contributed by atoms with Crippen molar-refractivity contribution in [2.24, 2.45) is 11.5 Å². The van der Waals surface area contributed by atoms with Gasteiger partial charge in [0.2, 0.25) is 0 Å². The predicted molar refractivity (Wildman–Crippen MR) is 98.3 cm³/mol. The average molecular weight is 374 g/mol. The van der Waals surface area contributed by atoms with Crippen LogP contribution in [0.4, 0.5) is 4.79 Å². The van der Waals surface area contributed by atoms with Crippen LogP contribution in [0.15, 0.2) is 0 Å². The zero-order valence-electron chi connectivity index (χ0n) is 16.4. The number of ether oxygens (including phenoxy) is 2. The van der Waals surface area contributed by atoms with Crippen LogP contribution in [0.5, 0.6) is 0 Å². The van der Waals surface area contributed by atoms with Gasteiger partial charge < -0.3 is 30.7 Å². The Hall–Kier alpha value is -1.87. The quantitative estimate of drug-likeness (QED) is 0.331. The maximum Gasteiger partial charge on any atom is 0.509 e. The van der Waals surface area contributed by atoms with Crippen LogP contribution in [0, 0.1) is 0 Å². The zero-order chi connectivity index (χ0) is 20.1. The van der Waals surface area contributed by atoms with Gasteiger partial charge in [-0.05, 0) is 79.8 Å². The first kappa shape index (κ1) is 24.1. The van der Waals surface area contributed by atoms with Gasteiger partial charge in [-0.3, -0.25) is 9.59 Å². The van der Waals surface area contributed by atoms with Gasteiger partial charge >= 0.3 is 6.16 Å². The highest BCUT2D eigenvalue weighted by atomic mass is 16.7. The van der Waals surface area contributed by atoms with Crippen molar-refractivity contribution in [3.63, 3.8) is 0 Å². The van der Waals surface area contributed by atoms with Gasteiger partial charge in [0.15, 0.2) is 12.2 Å². The molecule has 2 unspecified atom stereocenters. The summed E-state index contributed by atoms with van der Waals surface area (Å²) in [5.74, 6) is -1.48. The molecule has 0 aliphatic heterocycles. The molecule has 0 aliphatic carbocycles. The number of amides is 2. The molecular weight excluding hydrogens is 340 g/mol. The van der Waals surface area contributed by atoms with Crippen molar-refractivity contribution in [2.45, 2.75) is 50.7 Å². The van der Waals surface area contributed by atoms with Gasteiger partial charge in [0.1, 0.15) is 0 Å². The molecule has 9 nitrogen and oxygen atoms in total. The summed E-state index contributed by atoms with van der Waals surface area (Å²) in [6, 6.07) is 0. The van der Waals surface area contributed by atoms with Crippen LogP contribution < -0.4 is 11.5 Å². The van der Waals surface area contributed by atoms with E-state index in [4.69, 9.17) is 20.9 Å². The SMILES string of the molecule is CN(C)CCCCC(OC(=O)OC(CCCCN(C)C)C(N)=O)C(N)=O. The summed E-state index contributed by atoms with van der Waals surface area (Å²) < 4.78 is 9.96. The average Bonchev–Trinajstić information content (AvgIpc) is 2.52. The zero-order valence-corrected chi connectivity index (χ0v) is 16.4. The standard InChI is InChI=1S/C17H34N4O5/c1-20(2)11-7-5-9-13(15(18)22)25-17(24)26-14(16(19)23)10-6-8-12-21(3)4/h13-14H,5-12H2,1-4H3,(H2,18,22)(H2,19,23). The first-order valence-corrected chi connectivity index (χ1v) is 8.88. The second kappa shape index (κ2) is 13.3. The Morgan fingerprint density at radius 3 is 1.35 bits per heavy atom. The van der Waals surface area contributed by atoms with Crippen LogP contribution in [0.2, 0.25) is 0 Å². The number of unbranched alkanes of at least 4 members (excludes halogenated alkanes) is 2. The highest BCUT2D eigenvalue weighted by Gasteiger charge is 2.25. The molecule has 26 heavy (non-hydrogen) atoms. The molecule has 9 heteroatoms. The maximum atomic E-state index is 11.9. The fraction of sp³-hybridized carbons (Fsp3) is 0.824. The fourth-order valence-electron chi connectivity index (χ4n) is 2.29. The maximum absolute atomic E-state index is 11.9. The van der Waals surface area contributed by atoms with Crippen LogP contribution in [0.1, 0.15) is 38.5 Å². The Balaban J connectivity index is 4.38. The van der Waals surface area contributed by atoms with E-state index in [2.05, 4.69) is 0 Å². The van der Waals surface area contributed by atoms with Crippen LogP contribution in [0.25, 0.3) is 0 Å². The number of nitrogens with two attached hydrogens (primary N) is 2. The molecular formula is C17H34N4O5. The summed E-state index contributed by atoms with van der Waals surface area (Å²) in [7, 11) is 7.79. The second-order valence-corrected chi connectivity index (χ2v) is 6.87. The molecule has 2 atom stereocenters. The molecule has 0 radical (unpaired) electrons. The van der Waals surface area contributed by atoms with Gasteiger partial charge in [-0.15, -0.1) is 0 Å². The van der Waals surface area contributed by atoms with E-state index in [0.29, 0.717) is 25.7 Å². The van der Waals surface area contributed by atoms with Gasteiger partial charge in [-0.25, -0.2) is 4.79 Å². The number of carbonyl (C=O) groups is 3. The van der Waals surface area contributed by atoms with Crippen molar-refractivity contribution in [3.05, 3.63) is 0 Å². The molecule has 4 N–H and O–H groups in total.